The molecular formula is C16H13Br2F2N. The number of fused-ring (bicyclic) bond motifs is 1. The van der Waals surface area contributed by atoms with Crippen LogP contribution in [0.4, 0.5) is 8.78 Å². The summed E-state index contributed by atoms with van der Waals surface area (Å²) in [5.74, 6) is -1.07. The fourth-order valence-electron chi connectivity index (χ4n) is 2.81. The number of aryl methyl sites for hydroxylation is 2. The van der Waals surface area contributed by atoms with Gasteiger partial charge in [0.25, 0.3) is 0 Å². The fraction of sp³-hybridized carbons (Fsp3) is 0.312. The Morgan fingerprint density at radius 3 is 2.33 bits per heavy atom. The van der Waals surface area contributed by atoms with Gasteiger partial charge in [0.1, 0.15) is 16.2 Å². The van der Waals surface area contributed by atoms with E-state index < -0.39 is 11.6 Å². The Balaban J connectivity index is 1.84. The van der Waals surface area contributed by atoms with Gasteiger partial charge in [0, 0.05) is 10.5 Å². The molecule has 0 unspecified atom stereocenters. The predicted molar refractivity (Wildman–Crippen MR) is 85.4 cm³/mol. The second kappa shape index (κ2) is 6.13. The van der Waals surface area contributed by atoms with Crippen LogP contribution in [0.5, 0.6) is 0 Å². The zero-order chi connectivity index (χ0) is 15.0. The van der Waals surface area contributed by atoms with Crippen molar-refractivity contribution in [3.63, 3.8) is 0 Å². The van der Waals surface area contributed by atoms with Crippen molar-refractivity contribution >= 4 is 31.9 Å². The number of benzene rings is 1. The molecule has 0 aliphatic heterocycles. The second-order valence-electron chi connectivity index (χ2n) is 5.25. The number of halogens is 4. The standard InChI is InChI=1S/C16H13Br2F2N/c17-15-12-2-1-3-13(12)16(18)21-14(15)5-4-9-6-10(19)8-11(20)7-9/h6-8H,1-5H2. The maximum absolute atomic E-state index is 13.2. The molecule has 0 fully saturated rings. The first kappa shape index (κ1) is 15.1. The summed E-state index contributed by atoms with van der Waals surface area (Å²) in [5.41, 5.74) is 4.18. The van der Waals surface area contributed by atoms with Crippen LogP contribution >= 0.6 is 31.9 Å². The van der Waals surface area contributed by atoms with E-state index >= 15 is 0 Å². The first-order valence-electron chi connectivity index (χ1n) is 6.85. The van der Waals surface area contributed by atoms with Crippen LogP contribution in [0.15, 0.2) is 27.3 Å². The summed E-state index contributed by atoms with van der Waals surface area (Å²) in [6.07, 6.45) is 4.46. The third kappa shape index (κ3) is 3.19. The van der Waals surface area contributed by atoms with Crippen LogP contribution in [0.2, 0.25) is 0 Å². The van der Waals surface area contributed by atoms with Crippen molar-refractivity contribution in [2.24, 2.45) is 0 Å². The van der Waals surface area contributed by atoms with Crippen molar-refractivity contribution in [2.75, 3.05) is 0 Å². The van der Waals surface area contributed by atoms with E-state index in [1.165, 1.54) is 23.3 Å². The van der Waals surface area contributed by atoms with Gasteiger partial charge in [-0.25, -0.2) is 13.8 Å². The predicted octanol–water partition coefficient (Wildman–Crippen LogP) is 5.16. The van der Waals surface area contributed by atoms with Crippen molar-refractivity contribution in [1.29, 1.82) is 0 Å². The maximum Gasteiger partial charge on any atom is 0.126 e. The van der Waals surface area contributed by atoms with E-state index in [2.05, 4.69) is 36.8 Å². The average Bonchev–Trinajstić information content (AvgIpc) is 2.90. The minimum Gasteiger partial charge on any atom is -0.244 e. The molecule has 0 saturated carbocycles. The van der Waals surface area contributed by atoms with E-state index in [0.29, 0.717) is 18.4 Å². The van der Waals surface area contributed by atoms with Gasteiger partial charge in [-0.05, 0) is 92.8 Å². The fourth-order valence-corrected chi connectivity index (χ4v) is 4.18. The van der Waals surface area contributed by atoms with Gasteiger partial charge in [-0.3, -0.25) is 0 Å². The zero-order valence-corrected chi connectivity index (χ0v) is 14.4. The molecule has 2 aromatic rings. The number of rotatable bonds is 3. The second-order valence-corrected chi connectivity index (χ2v) is 6.80. The Morgan fingerprint density at radius 1 is 0.952 bits per heavy atom. The molecule has 0 bridgehead atoms. The lowest BCUT2D eigenvalue weighted by molar-refractivity contribution is 0.579. The third-order valence-electron chi connectivity index (χ3n) is 3.79. The summed E-state index contributed by atoms with van der Waals surface area (Å²) in [4.78, 5) is 4.59. The van der Waals surface area contributed by atoms with Crippen LogP contribution in [-0.4, -0.2) is 4.98 Å². The molecule has 1 aliphatic carbocycles. The van der Waals surface area contributed by atoms with Gasteiger partial charge < -0.3 is 0 Å². The molecule has 0 N–H and O–H groups in total. The SMILES string of the molecule is Fc1cc(F)cc(CCc2nc(Br)c3c(c2Br)CCC3)c1. The van der Waals surface area contributed by atoms with Crippen LogP contribution in [0.1, 0.15) is 28.8 Å². The van der Waals surface area contributed by atoms with Gasteiger partial charge in [0.05, 0.1) is 5.69 Å². The first-order chi connectivity index (χ1) is 10.0. The normalized spacial score (nSPS) is 13.5. The highest BCUT2D eigenvalue weighted by Crippen LogP contribution is 2.35. The number of nitrogens with zero attached hydrogens (tertiary/aromatic N) is 1. The Kier molecular flexibility index (Phi) is 4.41. The van der Waals surface area contributed by atoms with Gasteiger partial charge >= 0.3 is 0 Å². The highest BCUT2D eigenvalue weighted by molar-refractivity contribution is 9.11. The molecule has 0 radical (unpaired) electrons. The van der Waals surface area contributed by atoms with Crippen molar-refractivity contribution in [3.05, 3.63) is 61.3 Å². The molecule has 0 spiro atoms. The highest BCUT2D eigenvalue weighted by atomic mass is 79.9. The van der Waals surface area contributed by atoms with E-state index in [4.69, 9.17) is 0 Å². The summed E-state index contributed by atoms with van der Waals surface area (Å²) >= 11 is 7.17. The van der Waals surface area contributed by atoms with Gasteiger partial charge in [0.2, 0.25) is 0 Å². The number of hydrogen-bond acceptors (Lipinski definition) is 1. The molecule has 1 aromatic carbocycles. The Hall–Kier alpha value is -0.810. The lowest BCUT2D eigenvalue weighted by Gasteiger charge is -2.11. The van der Waals surface area contributed by atoms with E-state index in [-0.39, 0.29) is 0 Å². The molecular weight excluding hydrogens is 404 g/mol. The van der Waals surface area contributed by atoms with Crippen LogP contribution in [0, 0.1) is 11.6 Å². The molecule has 1 heterocycles. The van der Waals surface area contributed by atoms with Crippen LogP contribution in [0.3, 0.4) is 0 Å². The summed E-state index contributed by atoms with van der Waals surface area (Å²) in [7, 11) is 0. The van der Waals surface area contributed by atoms with Crippen molar-refractivity contribution in [2.45, 2.75) is 32.1 Å². The van der Waals surface area contributed by atoms with E-state index in [9.17, 15) is 8.78 Å². The van der Waals surface area contributed by atoms with E-state index in [1.54, 1.807) is 0 Å². The summed E-state index contributed by atoms with van der Waals surface area (Å²) < 4.78 is 28.4. The Labute approximate surface area is 139 Å². The number of hydrogen-bond donors (Lipinski definition) is 0. The number of pyridine rings is 1. The molecule has 0 atom stereocenters. The molecule has 1 aliphatic rings. The Morgan fingerprint density at radius 2 is 1.62 bits per heavy atom. The van der Waals surface area contributed by atoms with Crippen LogP contribution in [0.25, 0.3) is 0 Å². The zero-order valence-electron chi connectivity index (χ0n) is 11.2. The quantitative estimate of drug-likeness (QED) is 0.630. The van der Waals surface area contributed by atoms with Gasteiger partial charge in [-0.2, -0.15) is 0 Å². The topological polar surface area (TPSA) is 12.9 Å². The molecule has 0 amide bonds. The first-order valence-corrected chi connectivity index (χ1v) is 8.44. The van der Waals surface area contributed by atoms with Crippen LogP contribution < -0.4 is 0 Å². The van der Waals surface area contributed by atoms with Crippen molar-refractivity contribution < 1.29 is 8.78 Å². The Bertz CT molecular complexity index is 681. The third-order valence-corrected chi connectivity index (χ3v) is 5.38. The minimum atomic E-state index is -0.535. The summed E-state index contributed by atoms with van der Waals surface area (Å²) in [6, 6.07) is 3.64. The molecule has 0 saturated heterocycles. The summed E-state index contributed by atoms with van der Waals surface area (Å²) in [5, 5.41) is 0. The van der Waals surface area contributed by atoms with Gasteiger partial charge in [0.15, 0.2) is 0 Å². The molecule has 3 rings (SSSR count). The minimum absolute atomic E-state index is 0.535. The lowest BCUT2D eigenvalue weighted by Crippen LogP contribution is -2.01. The van der Waals surface area contributed by atoms with E-state index in [1.807, 2.05) is 0 Å². The summed E-state index contributed by atoms with van der Waals surface area (Å²) in [6.45, 7) is 0. The molecule has 1 nitrogen and oxygen atoms in total. The smallest absolute Gasteiger partial charge is 0.126 e. The van der Waals surface area contributed by atoms with Crippen LogP contribution in [-0.2, 0) is 25.7 Å². The molecule has 110 valence electrons. The van der Waals surface area contributed by atoms with Gasteiger partial charge in [-0.15, -0.1) is 0 Å². The average molecular weight is 417 g/mol. The molecule has 21 heavy (non-hydrogen) atoms. The van der Waals surface area contributed by atoms with Gasteiger partial charge in [-0.1, -0.05) is 0 Å². The highest BCUT2D eigenvalue weighted by Gasteiger charge is 2.20. The van der Waals surface area contributed by atoms with Crippen molar-refractivity contribution in [3.8, 4) is 0 Å². The van der Waals surface area contributed by atoms with E-state index in [0.717, 1.165) is 40.1 Å². The molecule has 5 heteroatoms. The van der Waals surface area contributed by atoms with Crippen molar-refractivity contribution in [1.82, 2.24) is 4.98 Å². The lowest BCUT2D eigenvalue weighted by atomic mass is 10.1. The largest absolute Gasteiger partial charge is 0.244 e. The molecule has 1 aromatic heterocycles. The maximum atomic E-state index is 13.2. The monoisotopic (exact) mass is 415 g/mol. The number of aromatic nitrogens is 1.